The summed E-state index contributed by atoms with van der Waals surface area (Å²) in [5.74, 6) is 0. The Morgan fingerprint density at radius 1 is 1.25 bits per heavy atom. The average Bonchev–Trinajstić information content (AvgIpc) is 2.85. The Morgan fingerprint density at radius 3 is 2.55 bits per heavy atom. The van der Waals surface area contributed by atoms with Crippen molar-refractivity contribution < 1.29 is 8.42 Å². The summed E-state index contributed by atoms with van der Waals surface area (Å²) in [5.41, 5.74) is 1.54. The van der Waals surface area contributed by atoms with Crippen molar-refractivity contribution in [2.45, 2.75) is 17.9 Å². The summed E-state index contributed by atoms with van der Waals surface area (Å²) in [6.07, 6.45) is 1.71. The highest BCUT2D eigenvalue weighted by Gasteiger charge is 2.18. The Bertz CT molecular complexity index is 694. The van der Waals surface area contributed by atoms with E-state index in [1.54, 1.807) is 35.1 Å². The van der Waals surface area contributed by atoms with Crippen molar-refractivity contribution >= 4 is 15.7 Å². The summed E-state index contributed by atoms with van der Waals surface area (Å²) in [7, 11) is -0.238. The first-order valence-electron chi connectivity index (χ1n) is 6.22. The van der Waals surface area contributed by atoms with E-state index >= 15 is 0 Å². The molecule has 0 aliphatic heterocycles. The van der Waals surface area contributed by atoms with Crippen molar-refractivity contribution in [1.29, 1.82) is 0 Å². The summed E-state index contributed by atoms with van der Waals surface area (Å²) >= 11 is 0. The molecule has 1 atom stereocenters. The van der Waals surface area contributed by atoms with Crippen molar-refractivity contribution in [2.24, 2.45) is 7.05 Å². The fraction of sp³-hybridized carbons (Fsp3) is 0.308. The summed E-state index contributed by atoms with van der Waals surface area (Å²) in [5, 5.41) is 7.33. The highest BCUT2D eigenvalue weighted by molar-refractivity contribution is 7.89. The molecular weight excluding hydrogens is 276 g/mol. The molecule has 0 radical (unpaired) electrons. The van der Waals surface area contributed by atoms with E-state index in [-0.39, 0.29) is 10.9 Å². The average molecular weight is 294 g/mol. The molecule has 0 fully saturated rings. The standard InChI is InChI=1S/C13H18N4O2S/c1-10(12-8-9-15-17(12)3)16-11-6-4-5-7-13(11)20(18,19)14-2/h4-10,14,16H,1-3H3. The van der Waals surface area contributed by atoms with Gasteiger partial charge in [-0.05, 0) is 32.2 Å². The van der Waals surface area contributed by atoms with Gasteiger partial charge in [-0.15, -0.1) is 0 Å². The Morgan fingerprint density at radius 2 is 1.95 bits per heavy atom. The molecule has 0 saturated heterocycles. The lowest BCUT2D eigenvalue weighted by molar-refractivity contribution is 0.588. The molecule has 0 spiro atoms. The third-order valence-electron chi connectivity index (χ3n) is 3.12. The number of sulfonamides is 1. The van der Waals surface area contributed by atoms with Gasteiger partial charge >= 0.3 is 0 Å². The summed E-state index contributed by atoms with van der Waals surface area (Å²) in [4.78, 5) is 0.233. The second-order valence-electron chi connectivity index (χ2n) is 4.45. The van der Waals surface area contributed by atoms with Crippen LogP contribution in [-0.2, 0) is 17.1 Å². The van der Waals surface area contributed by atoms with Gasteiger partial charge in [-0.3, -0.25) is 4.68 Å². The molecule has 1 heterocycles. The number of benzene rings is 1. The number of hydrogen-bond donors (Lipinski definition) is 2. The van der Waals surface area contributed by atoms with Gasteiger partial charge in [0.15, 0.2) is 0 Å². The first-order chi connectivity index (χ1) is 9.45. The number of nitrogens with one attached hydrogen (secondary N) is 2. The topological polar surface area (TPSA) is 76.0 Å². The molecule has 0 amide bonds. The third-order valence-corrected chi connectivity index (χ3v) is 4.59. The van der Waals surface area contributed by atoms with Gasteiger partial charge in [0.1, 0.15) is 4.90 Å². The zero-order chi connectivity index (χ0) is 14.8. The Balaban J connectivity index is 2.33. The van der Waals surface area contributed by atoms with Crippen molar-refractivity contribution in [1.82, 2.24) is 14.5 Å². The van der Waals surface area contributed by atoms with Crippen LogP contribution in [0.1, 0.15) is 18.7 Å². The molecule has 1 aromatic carbocycles. The monoisotopic (exact) mass is 294 g/mol. The minimum absolute atomic E-state index is 0.0595. The van der Waals surface area contributed by atoms with E-state index in [0.717, 1.165) is 5.69 Å². The van der Waals surface area contributed by atoms with Gasteiger partial charge in [-0.2, -0.15) is 5.10 Å². The van der Waals surface area contributed by atoms with E-state index in [0.29, 0.717) is 5.69 Å². The molecule has 1 aromatic heterocycles. The fourth-order valence-corrected chi connectivity index (χ4v) is 2.94. The second kappa shape index (κ2) is 5.64. The number of anilines is 1. The molecule has 2 rings (SSSR count). The zero-order valence-electron chi connectivity index (χ0n) is 11.7. The van der Waals surface area contributed by atoms with E-state index in [4.69, 9.17) is 0 Å². The molecule has 20 heavy (non-hydrogen) atoms. The lowest BCUT2D eigenvalue weighted by atomic mass is 10.2. The number of hydrogen-bond acceptors (Lipinski definition) is 4. The molecule has 7 heteroatoms. The van der Waals surface area contributed by atoms with Crippen LogP contribution in [0.3, 0.4) is 0 Å². The molecule has 2 N–H and O–H groups in total. The quantitative estimate of drug-likeness (QED) is 0.876. The molecule has 6 nitrogen and oxygen atoms in total. The highest BCUT2D eigenvalue weighted by Crippen LogP contribution is 2.25. The molecule has 1 unspecified atom stereocenters. The van der Waals surface area contributed by atoms with Crippen LogP contribution in [0.2, 0.25) is 0 Å². The van der Waals surface area contributed by atoms with Crippen LogP contribution in [0.5, 0.6) is 0 Å². The van der Waals surface area contributed by atoms with E-state index in [1.165, 1.54) is 7.05 Å². The van der Waals surface area contributed by atoms with Gasteiger partial charge in [-0.25, -0.2) is 13.1 Å². The number of aryl methyl sites for hydroxylation is 1. The first kappa shape index (κ1) is 14.5. The minimum Gasteiger partial charge on any atom is -0.376 e. The maximum atomic E-state index is 12.0. The maximum Gasteiger partial charge on any atom is 0.242 e. The fourth-order valence-electron chi connectivity index (χ4n) is 2.05. The first-order valence-corrected chi connectivity index (χ1v) is 7.71. The molecule has 0 aliphatic rings. The van der Waals surface area contributed by atoms with E-state index < -0.39 is 10.0 Å². The van der Waals surface area contributed by atoms with E-state index in [2.05, 4.69) is 15.1 Å². The van der Waals surface area contributed by atoms with Gasteiger partial charge in [0.2, 0.25) is 10.0 Å². The van der Waals surface area contributed by atoms with Crippen LogP contribution < -0.4 is 10.0 Å². The van der Waals surface area contributed by atoms with Crippen LogP contribution in [-0.4, -0.2) is 25.2 Å². The van der Waals surface area contributed by atoms with Crippen molar-refractivity contribution in [3.63, 3.8) is 0 Å². The third kappa shape index (κ3) is 2.83. The predicted molar refractivity (Wildman–Crippen MR) is 77.9 cm³/mol. The second-order valence-corrected chi connectivity index (χ2v) is 6.30. The normalized spacial score (nSPS) is 13.2. The molecule has 108 valence electrons. The van der Waals surface area contributed by atoms with Gasteiger partial charge in [-0.1, -0.05) is 12.1 Å². The maximum absolute atomic E-state index is 12.0. The largest absolute Gasteiger partial charge is 0.376 e. The Labute approximate surface area is 118 Å². The van der Waals surface area contributed by atoms with Crippen molar-refractivity contribution in [2.75, 3.05) is 12.4 Å². The lowest BCUT2D eigenvalue weighted by Crippen LogP contribution is -2.21. The SMILES string of the molecule is CNS(=O)(=O)c1ccccc1NC(C)c1ccnn1C. The van der Waals surface area contributed by atoms with Crippen LogP contribution in [0.4, 0.5) is 5.69 Å². The summed E-state index contributed by atoms with van der Waals surface area (Å²) < 4.78 is 28.1. The number of nitrogens with zero attached hydrogens (tertiary/aromatic N) is 2. The molecule has 0 saturated carbocycles. The number of aromatic nitrogens is 2. The smallest absolute Gasteiger partial charge is 0.242 e. The van der Waals surface area contributed by atoms with Gasteiger partial charge in [0, 0.05) is 13.2 Å². The van der Waals surface area contributed by atoms with Crippen LogP contribution >= 0.6 is 0 Å². The van der Waals surface area contributed by atoms with Crippen LogP contribution in [0.25, 0.3) is 0 Å². The molecule has 0 aliphatic carbocycles. The predicted octanol–water partition coefficient (Wildman–Crippen LogP) is 1.50. The molecule has 0 bridgehead atoms. The lowest BCUT2D eigenvalue weighted by Gasteiger charge is -2.18. The number of rotatable bonds is 5. The molecule has 2 aromatic rings. The summed E-state index contributed by atoms with van der Waals surface area (Å²) in [6.45, 7) is 1.96. The van der Waals surface area contributed by atoms with Gasteiger partial charge in [0.05, 0.1) is 17.4 Å². The van der Waals surface area contributed by atoms with E-state index in [1.807, 2.05) is 20.0 Å². The highest BCUT2D eigenvalue weighted by atomic mass is 32.2. The van der Waals surface area contributed by atoms with E-state index in [9.17, 15) is 8.42 Å². The zero-order valence-corrected chi connectivity index (χ0v) is 12.5. The summed E-state index contributed by atoms with van der Waals surface area (Å²) in [6, 6.07) is 8.65. The Hall–Kier alpha value is -1.86. The Kier molecular flexibility index (Phi) is 4.10. The van der Waals surface area contributed by atoms with Crippen LogP contribution in [0.15, 0.2) is 41.4 Å². The van der Waals surface area contributed by atoms with Gasteiger partial charge in [0.25, 0.3) is 0 Å². The van der Waals surface area contributed by atoms with Crippen LogP contribution in [0, 0.1) is 0 Å². The minimum atomic E-state index is -3.49. The number of para-hydroxylation sites is 1. The van der Waals surface area contributed by atoms with Crippen molar-refractivity contribution in [3.8, 4) is 0 Å². The van der Waals surface area contributed by atoms with Gasteiger partial charge < -0.3 is 5.32 Å². The van der Waals surface area contributed by atoms with Crippen molar-refractivity contribution in [3.05, 3.63) is 42.2 Å². The molecular formula is C13H18N4O2S.